The summed E-state index contributed by atoms with van der Waals surface area (Å²) in [4.78, 5) is 27.1. The van der Waals surface area contributed by atoms with Crippen LogP contribution < -0.4 is 5.32 Å². The van der Waals surface area contributed by atoms with E-state index in [1.807, 2.05) is 0 Å². The third-order valence-electron chi connectivity index (χ3n) is 4.04. The number of hydrogen-bond donors (Lipinski definition) is 3. The molecule has 0 bridgehead atoms. The summed E-state index contributed by atoms with van der Waals surface area (Å²) in [5, 5.41) is 21.8. The fraction of sp³-hybridized carbons (Fsp3) is 0.615. The first-order valence-electron chi connectivity index (χ1n) is 6.36. The van der Waals surface area contributed by atoms with Crippen LogP contribution >= 0.6 is 0 Å². The summed E-state index contributed by atoms with van der Waals surface area (Å²) in [6.45, 7) is 2.99. The first-order valence-corrected chi connectivity index (χ1v) is 6.36. The van der Waals surface area contributed by atoms with Gasteiger partial charge in [0, 0.05) is 13.0 Å². The predicted octanol–water partition coefficient (Wildman–Crippen LogP) is 0.746. The van der Waals surface area contributed by atoms with E-state index >= 15 is 0 Å². The molecule has 0 aromatic rings. The fourth-order valence-corrected chi connectivity index (χ4v) is 2.81. The molecule has 0 fully saturated rings. The molecule has 0 amide bonds. The normalized spacial score (nSPS) is 33.6. The maximum Gasteiger partial charge on any atom is 0.313 e. The zero-order valence-corrected chi connectivity index (χ0v) is 10.8. The molecule has 104 valence electrons. The van der Waals surface area contributed by atoms with Gasteiger partial charge in [-0.2, -0.15) is 0 Å². The van der Waals surface area contributed by atoms with Crippen molar-refractivity contribution in [2.75, 3.05) is 13.1 Å². The van der Waals surface area contributed by atoms with Crippen LogP contribution in [0, 0.1) is 17.3 Å². The Morgan fingerprint density at radius 1 is 1.53 bits per heavy atom. The molecule has 1 heterocycles. The molecule has 3 N–H and O–H groups in total. The van der Waals surface area contributed by atoms with E-state index in [2.05, 4.69) is 10.3 Å². The molecule has 1 aliphatic heterocycles. The standard InChI is InChI=1S/C13H18N2O4/c1-13(12(18)19)4-2-3-8(11(16)17)9(13)7-10-14-5-6-15-10/h2,4,8-9H,3,5-7H2,1H3,(H,14,15)(H,16,17)(H,18,19). The lowest BCUT2D eigenvalue weighted by Gasteiger charge is -2.38. The van der Waals surface area contributed by atoms with E-state index in [1.54, 1.807) is 19.1 Å². The number of allylic oxidation sites excluding steroid dienone is 1. The summed E-state index contributed by atoms with van der Waals surface area (Å²) in [5.41, 5.74) is -1.16. The number of aliphatic carboxylic acids is 2. The van der Waals surface area contributed by atoms with Crippen molar-refractivity contribution in [3.8, 4) is 0 Å². The van der Waals surface area contributed by atoms with Gasteiger partial charge < -0.3 is 15.5 Å². The minimum absolute atomic E-state index is 0.365. The zero-order valence-electron chi connectivity index (χ0n) is 10.8. The first-order chi connectivity index (χ1) is 8.95. The van der Waals surface area contributed by atoms with Crippen molar-refractivity contribution in [1.29, 1.82) is 0 Å². The lowest BCUT2D eigenvalue weighted by atomic mass is 9.64. The molecular formula is C13H18N2O4. The highest BCUT2D eigenvalue weighted by Gasteiger charge is 2.48. The van der Waals surface area contributed by atoms with Crippen molar-refractivity contribution in [1.82, 2.24) is 5.32 Å². The van der Waals surface area contributed by atoms with Crippen molar-refractivity contribution in [2.24, 2.45) is 22.2 Å². The molecule has 3 atom stereocenters. The molecule has 6 nitrogen and oxygen atoms in total. The van der Waals surface area contributed by atoms with Crippen LogP contribution in [-0.2, 0) is 9.59 Å². The lowest BCUT2D eigenvalue weighted by Crippen LogP contribution is -2.45. The molecule has 2 aliphatic rings. The van der Waals surface area contributed by atoms with E-state index in [-0.39, 0.29) is 0 Å². The number of amidine groups is 1. The van der Waals surface area contributed by atoms with Crippen LogP contribution in [0.15, 0.2) is 17.1 Å². The van der Waals surface area contributed by atoms with Gasteiger partial charge in [-0.3, -0.25) is 14.6 Å². The second-order valence-electron chi connectivity index (χ2n) is 5.24. The van der Waals surface area contributed by atoms with Crippen molar-refractivity contribution in [3.05, 3.63) is 12.2 Å². The van der Waals surface area contributed by atoms with Crippen molar-refractivity contribution < 1.29 is 19.8 Å². The number of rotatable bonds is 4. The Labute approximate surface area is 111 Å². The molecule has 0 saturated heterocycles. The van der Waals surface area contributed by atoms with Crippen molar-refractivity contribution in [2.45, 2.75) is 19.8 Å². The highest BCUT2D eigenvalue weighted by Crippen LogP contribution is 2.43. The average molecular weight is 266 g/mol. The minimum Gasteiger partial charge on any atom is -0.481 e. The van der Waals surface area contributed by atoms with Crippen molar-refractivity contribution in [3.63, 3.8) is 0 Å². The van der Waals surface area contributed by atoms with Crippen LogP contribution in [0.4, 0.5) is 0 Å². The molecule has 1 aliphatic carbocycles. The van der Waals surface area contributed by atoms with E-state index in [1.165, 1.54) is 0 Å². The zero-order chi connectivity index (χ0) is 14.0. The van der Waals surface area contributed by atoms with Gasteiger partial charge in [-0.15, -0.1) is 0 Å². The van der Waals surface area contributed by atoms with Crippen LogP contribution in [0.3, 0.4) is 0 Å². The van der Waals surface area contributed by atoms with E-state index < -0.39 is 29.2 Å². The first kappa shape index (κ1) is 13.6. The van der Waals surface area contributed by atoms with E-state index in [9.17, 15) is 19.8 Å². The largest absolute Gasteiger partial charge is 0.481 e. The molecule has 0 radical (unpaired) electrons. The number of carboxylic acid groups (broad SMARTS) is 2. The summed E-state index contributed by atoms with van der Waals surface area (Å²) in [6, 6.07) is 0. The van der Waals surface area contributed by atoms with Crippen LogP contribution in [-0.4, -0.2) is 41.1 Å². The Hall–Kier alpha value is -1.85. The molecule has 0 aromatic heterocycles. The number of hydrogen-bond acceptors (Lipinski definition) is 4. The summed E-state index contributed by atoms with van der Waals surface area (Å²) in [7, 11) is 0. The lowest BCUT2D eigenvalue weighted by molar-refractivity contribution is -0.154. The Morgan fingerprint density at radius 3 is 2.79 bits per heavy atom. The highest BCUT2D eigenvalue weighted by atomic mass is 16.4. The Kier molecular flexibility index (Phi) is 3.59. The van der Waals surface area contributed by atoms with Crippen LogP contribution in [0.1, 0.15) is 19.8 Å². The fourth-order valence-electron chi connectivity index (χ4n) is 2.81. The number of carbonyl (C=O) groups is 2. The summed E-state index contributed by atoms with van der Waals surface area (Å²) in [6.07, 6.45) is 4.02. The number of aliphatic imine (C=N–C) groups is 1. The molecule has 0 spiro atoms. The monoisotopic (exact) mass is 266 g/mol. The van der Waals surface area contributed by atoms with Gasteiger partial charge in [-0.05, 0) is 19.3 Å². The summed E-state index contributed by atoms with van der Waals surface area (Å²) in [5.74, 6) is -2.38. The van der Waals surface area contributed by atoms with Crippen LogP contribution in [0.25, 0.3) is 0 Å². The highest BCUT2D eigenvalue weighted by molar-refractivity contribution is 5.87. The van der Waals surface area contributed by atoms with Gasteiger partial charge in [-0.1, -0.05) is 12.2 Å². The SMILES string of the molecule is CC1(C(=O)O)C=CCC(C(=O)O)C1CC1=NCCN1. The molecule has 0 aromatic carbocycles. The van der Waals surface area contributed by atoms with Gasteiger partial charge in [0.05, 0.1) is 23.7 Å². The molecule has 6 heteroatoms. The summed E-state index contributed by atoms with van der Waals surface area (Å²) < 4.78 is 0. The predicted molar refractivity (Wildman–Crippen MR) is 69.0 cm³/mol. The second kappa shape index (κ2) is 5.03. The molecule has 2 rings (SSSR count). The molecule has 0 saturated carbocycles. The molecular weight excluding hydrogens is 248 g/mol. The molecule has 19 heavy (non-hydrogen) atoms. The Morgan fingerprint density at radius 2 is 2.26 bits per heavy atom. The topological polar surface area (TPSA) is 99.0 Å². The number of nitrogens with one attached hydrogen (secondary N) is 1. The average Bonchev–Trinajstić information content (AvgIpc) is 2.84. The van der Waals surface area contributed by atoms with E-state index in [0.717, 1.165) is 12.4 Å². The van der Waals surface area contributed by atoms with E-state index in [0.29, 0.717) is 19.4 Å². The summed E-state index contributed by atoms with van der Waals surface area (Å²) >= 11 is 0. The van der Waals surface area contributed by atoms with Crippen LogP contribution in [0.5, 0.6) is 0 Å². The molecule has 3 unspecified atom stereocenters. The van der Waals surface area contributed by atoms with Gasteiger partial charge in [0.15, 0.2) is 0 Å². The maximum atomic E-state index is 11.5. The quantitative estimate of drug-likeness (QED) is 0.652. The van der Waals surface area contributed by atoms with Crippen molar-refractivity contribution >= 4 is 17.8 Å². The van der Waals surface area contributed by atoms with Gasteiger partial charge in [-0.25, -0.2) is 0 Å². The maximum absolute atomic E-state index is 11.5. The van der Waals surface area contributed by atoms with E-state index in [4.69, 9.17) is 0 Å². The van der Waals surface area contributed by atoms with Gasteiger partial charge in [0.1, 0.15) is 0 Å². The smallest absolute Gasteiger partial charge is 0.313 e. The number of nitrogens with zero attached hydrogens (tertiary/aromatic N) is 1. The third-order valence-corrected chi connectivity index (χ3v) is 4.04. The Bertz CT molecular complexity index is 458. The number of carboxylic acids is 2. The van der Waals surface area contributed by atoms with Gasteiger partial charge in [0.2, 0.25) is 0 Å². The van der Waals surface area contributed by atoms with Gasteiger partial charge >= 0.3 is 11.9 Å². The van der Waals surface area contributed by atoms with Gasteiger partial charge in [0.25, 0.3) is 0 Å². The minimum atomic E-state index is -1.16. The van der Waals surface area contributed by atoms with Crippen LogP contribution in [0.2, 0.25) is 0 Å². The second-order valence-corrected chi connectivity index (χ2v) is 5.24. The Balaban J connectivity index is 2.30. The third kappa shape index (κ3) is 2.47.